The third-order valence-corrected chi connectivity index (χ3v) is 5.34. The van der Waals surface area contributed by atoms with Crippen LogP contribution < -0.4 is 20.1 Å². The van der Waals surface area contributed by atoms with Crippen LogP contribution in [0.3, 0.4) is 0 Å². The van der Waals surface area contributed by atoms with Gasteiger partial charge in [-0.2, -0.15) is 0 Å². The molecule has 0 saturated carbocycles. The van der Waals surface area contributed by atoms with E-state index in [1.165, 1.54) is 0 Å². The Labute approximate surface area is 195 Å². The highest BCUT2D eigenvalue weighted by Crippen LogP contribution is 2.32. The largest absolute Gasteiger partial charge is 0.461 e. The highest BCUT2D eigenvalue weighted by molar-refractivity contribution is 5.84. The maximum absolute atomic E-state index is 12.0. The number of furan rings is 1. The number of imidazole rings is 1. The fourth-order valence-electron chi connectivity index (χ4n) is 3.62. The number of nitrogens with zero attached hydrogens (tertiary/aromatic N) is 4. The fraction of sp³-hybridized carbons (Fsp3) is 0.304. The van der Waals surface area contributed by atoms with Crippen molar-refractivity contribution >= 4 is 23.1 Å². The van der Waals surface area contributed by atoms with Crippen molar-refractivity contribution in [1.82, 2.24) is 24.8 Å². The van der Waals surface area contributed by atoms with Crippen molar-refractivity contribution < 1.29 is 23.4 Å². The first-order valence-corrected chi connectivity index (χ1v) is 10.9. The molecule has 0 spiro atoms. The first-order chi connectivity index (χ1) is 16.7. The molecular weight excluding hydrogens is 440 g/mol. The number of aryl methyl sites for hydroxylation is 1. The molecule has 0 fully saturated rings. The molecule has 1 amide bonds. The van der Waals surface area contributed by atoms with E-state index < -0.39 is 6.09 Å². The van der Waals surface area contributed by atoms with Crippen LogP contribution in [0.4, 0.5) is 10.6 Å². The maximum Gasteiger partial charge on any atom is 0.407 e. The summed E-state index contributed by atoms with van der Waals surface area (Å²) in [7, 11) is 1.79. The minimum absolute atomic E-state index is 0.220. The Hall–Kier alpha value is -4.28. The number of carbonyl (C=O) groups excluding carboxylic acids is 1. The number of anilines is 1. The monoisotopic (exact) mass is 464 g/mol. The highest BCUT2D eigenvalue weighted by Gasteiger charge is 2.15. The lowest BCUT2D eigenvalue weighted by atomic mass is 10.2. The SMILES string of the molecule is CNc1nc(-c2ccco2)nc2c1ncn2CCCCOC(=O)NCc1ccc2c(c1)OCO2. The van der Waals surface area contributed by atoms with Gasteiger partial charge in [-0.3, -0.25) is 0 Å². The van der Waals surface area contributed by atoms with Crippen molar-refractivity contribution in [2.75, 3.05) is 25.8 Å². The summed E-state index contributed by atoms with van der Waals surface area (Å²) in [5.41, 5.74) is 2.31. The van der Waals surface area contributed by atoms with Gasteiger partial charge in [-0.1, -0.05) is 6.07 Å². The quantitative estimate of drug-likeness (QED) is 0.358. The first-order valence-electron chi connectivity index (χ1n) is 10.9. The van der Waals surface area contributed by atoms with Gasteiger partial charge in [-0.05, 0) is 42.7 Å². The molecule has 0 aliphatic carbocycles. The number of alkyl carbamates (subject to hydrolysis) is 1. The smallest absolute Gasteiger partial charge is 0.407 e. The van der Waals surface area contributed by atoms with Gasteiger partial charge in [0.05, 0.1) is 19.2 Å². The van der Waals surface area contributed by atoms with E-state index in [9.17, 15) is 4.79 Å². The predicted octanol–water partition coefficient (Wildman–Crippen LogP) is 3.56. The Morgan fingerprint density at radius 3 is 2.94 bits per heavy atom. The molecule has 0 saturated heterocycles. The zero-order chi connectivity index (χ0) is 23.3. The number of unbranched alkanes of at least 4 members (excludes halogenated alkanes) is 1. The number of ether oxygens (including phenoxy) is 3. The zero-order valence-corrected chi connectivity index (χ0v) is 18.6. The van der Waals surface area contributed by atoms with Gasteiger partial charge in [-0.25, -0.2) is 19.7 Å². The van der Waals surface area contributed by atoms with Crippen molar-refractivity contribution in [3.05, 3.63) is 48.5 Å². The third kappa shape index (κ3) is 4.58. The minimum atomic E-state index is -0.458. The molecule has 0 bridgehead atoms. The fourth-order valence-corrected chi connectivity index (χ4v) is 3.62. The van der Waals surface area contributed by atoms with Crippen molar-refractivity contribution in [2.24, 2.45) is 0 Å². The van der Waals surface area contributed by atoms with Gasteiger partial charge < -0.3 is 33.8 Å². The van der Waals surface area contributed by atoms with E-state index in [0.717, 1.165) is 12.0 Å². The molecule has 2 N–H and O–H groups in total. The van der Waals surface area contributed by atoms with Gasteiger partial charge in [-0.15, -0.1) is 0 Å². The number of aromatic nitrogens is 4. The van der Waals surface area contributed by atoms with Gasteiger partial charge in [0.15, 0.2) is 34.5 Å². The first kappa shape index (κ1) is 21.6. The van der Waals surface area contributed by atoms with Gasteiger partial charge in [0, 0.05) is 20.1 Å². The second-order valence-corrected chi connectivity index (χ2v) is 7.62. The van der Waals surface area contributed by atoms with Crippen molar-refractivity contribution in [2.45, 2.75) is 25.9 Å². The van der Waals surface area contributed by atoms with E-state index in [-0.39, 0.29) is 6.79 Å². The molecule has 11 heteroatoms. The van der Waals surface area contributed by atoms with Crippen LogP contribution in [-0.2, 0) is 17.8 Å². The lowest BCUT2D eigenvalue weighted by Gasteiger charge is -2.09. The summed E-state index contributed by atoms with van der Waals surface area (Å²) < 4.78 is 23.3. The molecule has 5 rings (SSSR count). The summed E-state index contributed by atoms with van der Waals surface area (Å²) in [4.78, 5) is 25.6. The minimum Gasteiger partial charge on any atom is -0.461 e. The van der Waals surface area contributed by atoms with E-state index in [4.69, 9.17) is 18.6 Å². The summed E-state index contributed by atoms with van der Waals surface area (Å²) in [6.07, 6.45) is 4.36. The molecule has 0 radical (unpaired) electrons. The van der Waals surface area contributed by atoms with E-state index in [0.29, 0.717) is 66.2 Å². The number of carbonyl (C=O) groups is 1. The Balaban J connectivity index is 1.10. The topological polar surface area (TPSA) is 126 Å². The van der Waals surface area contributed by atoms with Crippen LogP contribution in [0.15, 0.2) is 47.3 Å². The van der Waals surface area contributed by atoms with Crippen LogP contribution in [0.5, 0.6) is 11.5 Å². The van der Waals surface area contributed by atoms with Gasteiger partial charge in [0.2, 0.25) is 6.79 Å². The molecule has 176 valence electrons. The highest BCUT2D eigenvalue weighted by atomic mass is 16.7. The lowest BCUT2D eigenvalue weighted by Crippen LogP contribution is -2.24. The number of amides is 1. The number of rotatable bonds is 9. The molecule has 11 nitrogen and oxygen atoms in total. The normalized spacial score (nSPS) is 12.1. The standard InChI is InChI=1S/C23H24N6O5/c1-24-21-19-22(28-20(27-21)17-5-4-10-31-17)29(13-26-19)8-2-3-9-32-23(30)25-12-15-6-7-16-18(11-15)34-14-33-16/h4-7,10-11,13H,2-3,8-9,12,14H2,1H3,(H,25,30)(H,24,27,28). The van der Waals surface area contributed by atoms with Crippen molar-refractivity contribution in [1.29, 1.82) is 0 Å². The van der Waals surface area contributed by atoms with Gasteiger partial charge in [0.25, 0.3) is 0 Å². The molecule has 34 heavy (non-hydrogen) atoms. The van der Waals surface area contributed by atoms with E-state index in [1.54, 1.807) is 25.7 Å². The molecule has 0 unspecified atom stereocenters. The summed E-state index contributed by atoms with van der Waals surface area (Å²) in [6, 6.07) is 9.16. The molecule has 4 heterocycles. The Kier molecular flexibility index (Phi) is 6.15. The number of benzene rings is 1. The number of nitrogens with one attached hydrogen (secondary N) is 2. The Morgan fingerprint density at radius 1 is 1.18 bits per heavy atom. The van der Waals surface area contributed by atoms with E-state index in [2.05, 4.69) is 25.6 Å². The molecule has 1 aliphatic heterocycles. The zero-order valence-electron chi connectivity index (χ0n) is 18.6. The molecule has 1 aliphatic rings. The van der Waals surface area contributed by atoms with Crippen LogP contribution in [0.2, 0.25) is 0 Å². The molecule has 0 atom stereocenters. The molecular formula is C23H24N6O5. The summed E-state index contributed by atoms with van der Waals surface area (Å²) in [5, 5.41) is 5.81. The molecule has 1 aromatic carbocycles. The molecule has 4 aromatic rings. The van der Waals surface area contributed by atoms with Gasteiger partial charge >= 0.3 is 6.09 Å². The van der Waals surface area contributed by atoms with E-state index in [1.807, 2.05) is 28.8 Å². The summed E-state index contributed by atoms with van der Waals surface area (Å²) in [6.45, 7) is 1.56. The van der Waals surface area contributed by atoms with Crippen LogP contribution in [-0.4, -0.2) is 46.1 Å². The predicted molar refractivity (Wildman–Crippen MR) is 123 cm³/mol. The van der Waals surface area contributed by atoms with Crippen molar-refractivity contribution in [3.63, 3.8) is 0 Å². The summed E-state index contributed by atoms with van der Waals surface area (Å²) >= 11 is 0. The Bertz CT molecular complexity index is 1290. The van der Waals surface area contributed by atoms with Crippen LogP contribution in [0.1, 0.15) is 18.4 Å². The second-order valence-electron chi connectivity index (χ2n) is 7.62. The molecule has 3 aromatic heterocycles. The van der Waals surface area contributed by atoms with Crippen molar-refractivity contribution in [3.8, 4) is 23.1 Å². The van der Waals surface area contributed by atoms with Crippen LogP contribution >= 0.6 is 0 Å². The third-order valence-electron chi connectivity index (χ3n) is 5.34. The Morgan fingerprint density at radius 2 is 2.09 bits per heavy atom. The maximum atomic E-state index is 12.0. The van der Waals surface area contributed by atoms with E-state index >= 15 is 0 Å². The summed E-state index contributed by atoms with van der Waals surface area (Å²) in [5.74, 6) is 3.11. The van der Waals surface area contributed by atoms with Crippen LogP contribution in [0, 0.1) is 0 Å². The van der Waals surface area contributed by atoms with Crippen LogP contribution in [0.25, 0.3) is 22.7 Å². The number of hydrogen-bond acceptors (Lipinski definition) is 9. The average Bonchev–Trinajstić information content (AvgIpc) is 3.62. The number of hydrogen-bond donors (Lipinski definition) is 2. The average molecular weight is 464 g/mol. The number of fused-ring (bicyclic) bond motifs is 2. The second kappa shape index (κ2) is 9.69. The van der Waals surface area contributed by atoms with Gasteiger partial charge in [0.1, 0.15) is 5.52 Å². The lowest BCUT2D eigenvalue weighted by molar-refractivity contribution is 0.143.